The molecule has 0 saturated carbocycles. The molecular formula is C15H21N3O3. The highest BCUT2D eigenvalue weighted by molar-refractivity contribution is 5.95. The predicted molar refractivity (Wildman–Crippen MR) is 82.5 cm³/mol. The second kappa shape index (κ2) is 9.55. The smallest absolute Gasteiger partial charge is 0.319 e. The van der Waals surface area contributed by atoms with Gasteiger partial charge in [-0.3, -0.25) is 4.79 Å². The van der Waals surface area contributed by atoms with Crippen molar-refractivity contribution >= 4 is 17.6 Å². The molecule has 1 rings (SSSR count). The van der Waals surface area contributed by atoms with Crippen LogP contribution < -0.4 is 16.0 Å². The SMILES string of the molecule is C=CCNC(=O)c1ccc(NC(=O)NCCOCC)cc1. The zero-order chi connectivity index (χ0) is 15.5. The molecule has 0 aliphatic rings. The molecule has 1 aromatic rings. The number of anilines is 1. The van der Waals surface area contributed by atoms with Crippen LogP contribution in [0, 0.1) is 0 Å². The topological polar surface area (TPSA) is 79.5 Å². The van der Waals surface area contributed by atoms with E-state index in [1.165, 1.54) is 0 Å². The lowest BCUT2D eigenvalue weighted by atomic mass is 10.2. The van der Waals surface area contributed by atoms with Gasteiger partial charge in [-0.15, -0.1) is 6.58 Å². The van der Waals surface area contributed by atoms with Crippen LogP contribution in [0.1, 0.15) is 17.3 Å². The van der Waals surface area contributed by atoms with E-state index in [9.17, 15) is 9.59 Å². The van der Waals surface area contributed by atoms with Crippen LogP contribution in [0.4, 0.5) is 10.5 Å². The summed E-state index contributed by atoms with van der Waals surface area (Å²) in [4.78, 5) is 23.2. The third-order valence-electron chi connectivity index (χ3n) is 2.55. The monoisotopic (exact) mass is 291 g/mol. The molecule has 0 saturated heterocycles. The Balaban J connectivity index is 2.41. The Morgan fingerprint density at radius 3 is 2.57 bits per heavy atom. The number of amides is 3. The Morgan fingerprint density at radius 1 is 1.24 bits per heavy atom. The van der Waals surface area contributed by atoms with E-state index in [0.717, 1.165) is 0 Å². The highest BCUT2D eigenvalue weighted by Crippen LogP contribution is 2.09. The fraction of sp³-hybridized carbons (Fsp3) is 0.333. The summed E-state index contributed by atoms with van der Waals surface area (Å²) >= 11 is 0. The van der Waals surface area contributed by atoms with Crippen molar-refractivity contribution < 1.29 is 14.3 Å². The standard InChI is InChI=1S/C15H21N3O3/c1-3-9-16-14(19)12-5-7-13(8-6-12)18-15(20)17-10-11-21-4-2/h3,5-8H,1,4,9-11H2,2H3,(H,16,19)(H2,17,18,20). The first-order valence-electron chi connectivity index (χ1n) is 6.79. The maximum absolute atomic E-state index is 11.7. The van der Waals surface area contributed by atoms with Crippen molar-refractivity contribution in [3.63, 3.8) is 0 Å². The van der Waals surface area contributed by atoms with Crippen LogP contribution >= 0.6 is 0 Å². The lowest BCUT2D eigenvalue weighted by Crippen LogP contribution is -2.31. The van der Waals surface area contributed by atoms with Crippen LogP contribution in [0.25, 0.3) is 0 Å². The van der Waals surface area contributed by atoms with Gasteiger partial charge in [0.25, 0.3) is 5.91 Å². The zero-order valence-corrected chi connectivity index (χ0v) is 12.1. The lowest BCUT2D eigenvalue weighted by molar-refractivity contribution is 0.0958. The van der Waals surface area contributed by atoms with Crippen LogP contribution in [0.3, 0.4) is 0 Å². The summed E-state index contributed by atoms with van der Waals surface area (Å²) in [7, 11) is 0. The Labute approximate surface area is 124 Å². The molecule has 0 heterocycles. The molecule has 0 bridgehead atoms. The normalized spacial score (nSPS) is 9.76. The number of benzene rings is 1. The molecule has 3 N–H and O–H groups in total. The van der Waals surface area contributed by atoms with E-state index in [0.29, 0.717) is 37.6 Å². The average Bonchev–Trinajstić information content (AvgIpc) is 2.50. The number of carbonyl (C=O) groups excluding carboxylic acids is 2. The summed E-state index contributed by atoms with van der Waals surface area (Å²) < 4.78 is 5.11. The van der Waals surface area contributed by atoms with Gasteiger partial charge in [0.15, 0.2) is 0 Å². The molecule has 3 amide bonds. The van der Waals surface area contributed by atoms with Crippen molar-refractivity contribution in [2.24, 2.45) is 0 Å². The minimum Gasteiger partial charge on any atom is -0.380 e. The van der Waals surface area contributed by atoms with Gasteiger partial charge in [0.05, 0.1) is 6.61 Å². The fourth-order valence-electron chi connectivity index (χ4n) is 1.53. The molecule has 0 spiro atoms. The highest BCUT2D eigenvalue weighted by Gasteiger charge is 2.05. The molecule has 0 aliphatic heterocycles. The number of carbonyl (C=O) groups is 2. The molecule has 0 aliphatic carbocycles. The first-order chi connectivity index (χ1) is 10.2. The van der Waals surface area contributed by atoms with Crippen molar-refractivity contribution in [1.82, 2.24) is 10.6 Å². The molecule has 0 atom stereocenters. The first kappa shape index (κ1) is 16.7. The molecule has 1 aromatic carbocycles. The number of nitrogens with one attached hydrogen (secondary N) is 3. The van der Waals surface area contributed by atoms with Gasteiger partial charge in [-0.1, -0.05) is 6.08 Å². The number of urea groups is 1. The minimum atomic E-state index is -0.307. The van der Waals surface area contributed by atoms with Gasteiger partial charge >= 0.3 is 6.03 Å². The second-order valence-electron chi connectivity index (χ2n) is 4.15. The maximum Gasteiger partial charge on any atom is 0.319 e. The van der Waals surface area contributed by atoms with Crippen molar-refractivity contribution in [2.45, 2.75) is 6.92 Å². The van der Waals surface area contributed by atoms with Gasteiger partial charge in [-0.05, 0) is 31.2 Å². The van der Waals surface area contributed by atoms with Gasteiger partial charge in [-0.2, -0.15) is 0 Å². The van der Waals surface area contributed by atoms with Crippen LogP contribution in [0.15, 0.2) is 36.9 Å². The Bertz CT molecular complexity index is 472. The second-order valence-corrected chi connectivity index (χ2v) is 4.15. The molecule has 114 valence electrons. The molecule has 0 fully saturated rings. The average molecular weight is 291 g/mol. The van der Waals surface area contributed by atoms with Crippen LogP contribution in [-0.2, 0) is 4.74 Å². The highest BCUT2D eigenvalue weighted by atomic mass is 16.5. The summed E-state index contributed by atoms with van der Waals surface area (Å²) in [5.74, 6) is -0.178. The van der Waals surface area contributed by atoms with E-state index in [2.05, 4.69) is 22.5 Å². The lowest BCUT2D eigenvalue weighted by Gasteiger charge is -2.08. The molecule has 6 nitrogen and oxygen atoms in total. The van der Waals surface area contributed by atoms with E-state index in [-0.39, 0.29) is 11.9 Å². The Hall–Kier alpha value is -2.34. The molecule has 0 unspecified atom stereocenters. The summed E-state index contributed by atoms with van der Waals surface area (Å²) in [6.45, 7) is 7.39. The third-order valence-corrected chi connectivity index (χ3v) is 2.55. The fourth-order valence-corrected chi connectivity index (χ4v) is 1.53. The molecule has 0 radical (unpaired) electrons. The van der Waals surface area contributed by atoms with Gasteiger partial charge in [0.2, 0.25) is 0 Å². The largest absolute Gasteiger partial charge is 0.380 e. The quantitative estimate of drug-likeness (QED) is 0.504. The maximum atomic E-state index is 11.7. The van der Waals surface area contributed by atoms with E-state index in [1.54, 1.807) is 30.3 Å². The molecule has 6 heteroatoms. The number of ether oxygens (including phenoxy) is 1. The van der Waals surface area contributed by atoms with Crippen LogP contribution in [0.2, 0.25) is 0 Å². The van der Waals surface area contributed by atoms with Gasteiger partial charge < -0.3 is 20.7 Å². The van der Waals surface area contributed by atoms with Crippen molar-refractivity contribution in [2.75, 3.05) is 31.6 Å². The molecule has 21 heavy (non-hydrogen) atoms. The van der Waals surface area contributed by atoms with E-state index in [1.807, 2.05) is 6.92 Å². The van der Waals surface area contributed by atoms with Gasteiger partial charge in [-0.25, -0.2) is 4.79 Å². The van der Waals surface area contributed by atoms with Gasteiger partial charge in [0, 0.05) is 30.9 Å². The minimum absolute atomic E-state index is 0.178. The summed E-state index contributed by atoms with van der Waals surface area (Å²) in [6.07, 6.45) is 1.61. The number of rotatable bonds is 8. The van der Waals surface area contributed by atoms with E-state index >= 15 is 0 Å². The third kappa shape index (κ3) is 6.58. The summed E-state index contributed by atoms with van der Waals surface area (Å²) in [6, 6.07) is 6.33. The number of hydrogen-bond acceptors (Lipinski definition) is 3. The van der Waals surface area contributed by atoms with E-state index < -0.39 is 0 Å². The van der Waals surface area contributed by atoms with Crippen molar-refractivity contribution in [3.8, 4) is 0 Å². The number of hydrogen-bond donors (Lipinski definition) is 3. The summed E-state index contributed by atoms with van der Waals surface area (Å²) in [5.41, 5.74) is 1.14. The van der Waals surface area contributed by atoms with Crippen molar-refractivity contribution in [3.05, 3.63) is 42.5 Å². The zero-order valence-electron chi connectivity index (χ0n) is 12.1. The van der Waals surface area contributed by atoms with Crippen LogP contribution in [-0.4, -0.2) is 38.2 Å². The molecule has 0 aromatic heterocycles. The van der Waals surface area contributed by atoms with Crippen LogP contribution in [0.5, 0.6) is 0 Å². The molecular weight excluding hydrogens is 270 g/mol. The first-order valence-corrected chi connectivity index (χ1v) is 6.79. The van der Waals surface area contributed by atoms with E-state index in [4.69, 9.17) is 4.74 Å². The predicted octanol–water partition coefficient (Wildman–Crippen LogP) is 1.76. The summed E-state index contributed by atoms with van der Waals surface area (Å²) in [5, 5.41) is 8.02. The Morgan fingerprint density at radius 2 is 1.95 bits per heavy atom. The van der Waals surface area contributed by atoms with Gasteiger partial charge in [0.1, 0.15) is 0 Å². The Kier molecular flexibility index (Phi) is 7.60. The van der Waals surface area contributed by atoms with Crippen molar-refractivity contribution in [1.29, 1.82) is 0 Å².